The van der Waals surface area contributed by atoms with Gasteiger partial charge >= 0.3 is 0 Å². The Balaban J connectivity index is 2.03. The summed E-state index contributed by atoms with van der Waals surface area (Å²) in [5, 5.41) is 0. The van der Waals surface area contributed by atoms with E-state index in [1.54, 1.807) is 18.2 Å². The van der Waals surface area contributed by atoms with Crippen molar-refractivity contribution in [2.75, 3.05) is 0 Å². The van der Waals surface area contributed by atoms with E-state index in [1.165, 1.54) is 17.7 Å². The van der Waals surface area contributed by atoms with E-state index >= 15 is 0 Å². The largest absolute Gasteiger partial charge is 0.268 e. The first-order valence-corrected chi connectivity index (χ1v) is 10.8. The highest BCUT2D eigenvalue weighted by atomic mass is 32.2. The number of benzene rings is 1. The van der Waals surface area contributed by atoms with Crippen LogP contribution in [0.15, 0.2) is 53.4 Å². The molecule has 2 aliphatic carbocycles. The van der Waals surface area contributed by atoms with E-state index in [2.05, 4.69) is 30.7 Å². The quantitative estimate of drug-likeness (QED) is 0.679. The van der Waals surface area contributed by atoms with Gasteiger partial charge in [-0.1, -0.05) is 49.7 Å². The van der Waals surface area contributed by atoms with E-state index in [0.29, 0.717) is 11.5 Å². The maximum absolute atomic E-state index is 12.9. The Morgan fingerprint density at radius 3 is 2.14 bits per heavy atom. The zero-order valence-electron chi connectivity index (χ0n) is 16.8. The Labute approximate surface area is 167 Å². The molecule has 0 spiro atoms. The fraction of sp³-hybridized carbons (Fsp3) is 0.261. The normalized spacial score (nSPS) is 11.8. The molecule has 1 N–H and O–H groups in total. The summed E-state index contributed by atoms with van der Waals surface area (Å²) in [6, 6.07) is 14.3. The molecule has 0 fully saturated rings. The average molecular weight is 396 g/mol. The number of amides is 1. The third-order valence-corrected chi connectivity index (χ3v) is 6.37. The van der Waals surface area contributed by atoms with Crippen LogP contribution < -0.4 is 4.72 Å². The number of aryl methyl sites for hydroxylation is 3. The van der Waals surface area contributed by atoms with E-state index in [1.807, 2.05) is 26.8 Å². The van der Waals surface area contributed by atoms with Crippen LogP contribution in [0.3, 0.4) is 0 Å². The van der Waals surface area contributed by atoms with Crippen molar-refractivity contribution < 1.29 is 13.2 Å². The molecule has 146 valence electrons. The van der Waals surface area contributed by atoms with Crippen LogP contribution in [-0.4, -0.2) is 14.3 Å². The summed E-state index contributed by atoms with van der Waals surface area (Å²) in [7, 11) is -3.93. The van der Waals surface area contributed by atoms with Crippen molar-refractivity contribution in [2.45, 2.75) is 45.4 Å². The smallest absolute Gasteiger partial charge is 0.265 e. The number of nitrogens with one attached hydrogen (secondary N) is 1. The van der Waals surface area contributed by atoms with E-state index in [4.69, 9.17) is 0 Å². The second kappa shape index (κ2) is 7.40. The summed E-state index contributed by atoms with van der Waals surface area (Å²) in [6.07, 6.45) is 0. The van der Waals surface area contributed by atoms with Gasteiger partial charge in [-0.15, -0.1) is 0 Å². The summed E-state index contributed by atoms with van der Waals surface area (Å²) < 4.78 is 27.5. The van der Waals surface area contributed by atoms with Gasteiger partial charge in [0.15, 0.2) is 0 Å². The molecule has 0 aromatic heterocycles. The number of sulfonamides is 1. The van der Waals surface area contributed by atoms with E-state index in [0.717, 1.165) is 27.8 Å². The first kappa shape index (κ1) is 20.1. The molecule has 0 unspecified atom stereocenters. The maximum atomic E-state index is 12.9. The number of hydrogen-bond donors (Lipinski definition) is 1. The molecule has 0 atom stereocenters. The number of rotatable bonds is 4. The summed E-state index contributed by atoms with van der Waals surface area (Å²) in [4.78, 5) is 13.0. The molecule has 0 radical (unpaired) electrons. The summed E-state index contributed by atoms with van der Waals surface area (Å²) >= 11 is 0. The van der Waals surface area contributed by atoms with Crippen molar-refractivity contribution in [2.24, 2.45) is 0 Å². The second-order valence-electron chi connectivity index (χ2n) is 7.59. The third-order valence-electron chi connectivity index (χ3n) is 5.03. The monoisotopic (exact) mass is 395 g/mol. The Bertz CT molecular complexity index is 1110. The van der Waals surface area contributed by atoms with Gasteiger partial charge in [0.05, 0.1) is 4.90 Å². The van der Waals surface area contributed by atoms with Gasteiger partial charge < -0.3 is 0 Å². The SMILES string of the molecule is Cc1ccc(S(=O)(=O)NC(=O)c2cc(C)c3cc(C(C)C)ccc(C)c2-3)cc1. The predicted molar refractivity (Wildman–Crippen MR) is 112 cm³/mol. The van der Waals surface area contributed by atoms with Crippen LogP contribution in [0.4, 0.5) is 0 Å². The van der Waals surface area contributed by atoms with E-state index < -0.39 is 15.9 Å². The fourth-order valence-electron chi connectivity index (χ4n) is 3.33. The molecule has 2 aliphatic rings. The zero-order valence-corrected chi connectivity index (χ0v) is 17.6. The summed E-state index contributed by atoms with van der Waals surface area (Å²) in [5.41, 5.74) is 6.16. The topological polar surface area (TPSA) is 63.2 Å². The molecular formula is C23H25NO3S. The highest BCUT2D eigenvalue weighted by Crippen LogP contribution is 2.36. The lowest BCUT2D eigenvalue weighted by Gasteiger charge is -2.09. The van der Waals surface area contributed by atoms with Crippen LogP contribution in [0.5, 0.6) is 0 Å². The molecule has 3 rings (SSSR count). The third kappa shape index (κ3) is 3.80. The first-order chi connectivity index (χ1) is 13.1. The van der Waals surface area contributed by atoms with E-state index in [-0.39, 0.29) is 4.90 Å². The Morgan fingerprint density at radius 2 is 1.54 bits per heavy atom. The minimum atomic E-state index is -3.93. The second-order valence-corrected chi connectivity index (χ2v) is 9.28. The minimum absolute atomic E-state index is 0.0726. The Morgan fingerprint density at radius 1 is 0.893 bits per heavy atom. The van der Waals surface area contributed by atoms with Gasteiger partial charge in [-0.05, 0) is 72.7 Å². The Hall–Kier alpha value is -2.66. The van der Waals surface area contributed by atoms with Crippen molar-refractivity contribution in [3.8, 4) is 11.1 Å². The van der Waals surface area contributed by atoms with Gasteiger partial charge in [0, 0.05) is 5.56 Å². The lowest BCUT2D eigenvalue weighted by Crippen LogP contribution is -2.30. The molecule has 1 aromatic carbocycles. The molecule has 0 saturated heterocycles. The molecule has 0 aliphatic heterocycles. The van der Waals surface area contributed by atoms with Crippen LogP contribution in [-0.2, 0) is 10.0 Å². The van der Waals surface area contributed by atoms with Crippen molar-refractivity contribution >= 4 is 15.9 Å². The molecule has 0 saturated carbocycles. The lowest BCUT2D eigenvalue weighted by atomic mass is 10.0. The maximum Gasteiger partial charge on any atom is 0.265 e. The molecule has 5 heteroatoms. The van der Waals surface area contributed by atoms with Crippen LogP contribution >= 0.6 is 0 Å². The van der Waals surface area contributed by atoms with Gasteiger partial charge in [0.1, 0.15) is 0 Å². The summed E-state index contributed by atoms with van der Waals surface area (Å²) in [5.74, 6) is -0.262. The highest BCUT2D eigenvalue weighted by molar-refractivity contribution is 7.90. The van der Waals surface area contributed by atoms with Crippen molar-refractivity contribution in [3.05, 3.63) is 76.3 Å². The molecule has 0 heterocycles. The zero-order chi connectivity index (χ0) is 20.6. The summed E-state index contributed by atoms with van der Waals surface area (Å²) in [6.45, 7) is 10.0. The first-order valence-electron chi connectivity index (χ1n) is 9.28. The lowest BCUT2D eigenvalue weighted by molar-refractivity contribution is 0.0982. The van der Waals surface area contributed by atoms with Crippen molar-refractivity contribution in [3.63, 3.8) is 0 Å². The van der Waals surface area contributed by atoms with E-state index in [9.17, 15) is 13.2 Å². The standard InChI is InChI=1S/C23H25NO3S/c1-14(2)18-9-8-16(4)22-20(13-18)17(5)12-21(22)23(25)24-28(26,27)19-10-6-15(3)7-11-19/h6-14H,1-5H3,(H,24,25). The fourth-order valence-corrected chi connectivity index (χ4v) is 4.30. The predicted octanol–water partition coefficient (Wildman–Crippen LogP) is 4.96. The molecule has 4 nitrogen and oxygen atoms in total. The van der Waals surface area contributed by atoms with Crippen LogP contribution in [0.1, 0.15) is 52.4 Å². The number of carbonyl (C=O) groups is 1. The molecule has 1 aromatic rings. The minimum Gasteiger partial charge on any atom is -0.268 e. The van der Waals surface area contributed by atoms with Crippen LogP contribution in [0, 0.1) is 20.8 Å². The van der Waals surface area contributed by atoms with Gasteiger partial charge in [0.2, 0.25) is 0 Å². The molecule has 28 heavy (non-hydrogen) atoms. The average Bonchev–Trinajstić information content (AvgIpc) is 2.83. The van der Waals surface area contributed by atoms with Gasteiger partial charge in [-0.2, -0.15) is 0 Å². The van der Waals surface area contributed by atoms with Crippen molar-refractivity contribution in [1.29, 1.82) is 0 Å². The van der Waals surface area contributed by atoms with Gasteiger partial charge in [-0.3, -0.25) is 4.79 Å². The van der Waals surface area contributed by atoms with Crippen LogP contribution in [0.25, 0.3) is 11.1 Å². The van der Waals surface area contributed by atoms with Crippen LogP contribution in [0.2, 0.25) is 0 Å². The number of carbonyl (C=O) groups excluding carboxylic acids is 1. The molecule has 0 bridgehead atoms. The van der Waals surface area contributed by atoms with Crippen molar-refractivity contribution in [1.82, 2.24) is 4.72 Å². The number of fused-ring (bicyclic) bond motifs is 1. The van der Waals surface area contributed by atoms with Gasteiger partial charge in [0.25, 0.3) is 15.9 Å². The Kier molecular flexibility index (Phi) is 5.31. The molecular weight excluding hydrogens is 370 g/mol. The van der Waals surface area contributed by atoms with Gasteiger partial charge in [-0.25, -0.2) is 13.1 Å². The molecule has 1 amide bonds. The highest BCUT2D eigenvalue weighted by Gasteiger charge is 2.25. The number of hydrogen-bond acceptors (Lipinski definition) is 3.